The molecule has 0 saturated heterocycles. The van der Waals surface area contributed by atoms with Crippen molar-refractivity contribution in [2.24, 2.45) is 0 Å². The van der Waals surface area contributed by atoms with Crippen LogP contribution in [0.2, 0.25) is 0 Å². The van der Waals surface area contributed by atoms with Crippen LogP contribution in [0.4, 0.5) is 0 Å². The molecule has 1 aromatic carbocycles. The van der Waals surface area contributed by atoms with E-state index >= 15 is 0 Å². The number of hydrogen-bond acceptors (Lipinski definition) is 1. The highest BCUT2D eigenvalue weighted by atomic mass is 16.2. The molecule has 1 amide bonds. The molecule has 2 aromatic rings. The summed E-state index contributed by atoms with van der Waals surface area (Å²) in [6.07, 6.45) is 3.21. The molecule has 0 atom stereocenters. The van der Waals surface area contributed by atoms with Crippen LogP contribution >= 0.6 is 0 Å². The maximum atomic E-state index is 11.6. The van der Waals surface area contributed by atoms with E-state index in [1.165, 1.54) is 22.0 Å². The number of rotatable bonds is 1. The second kappa shape index (κ2) is 4.16. The first-order valence-electron chi connectivity index (χ1n) is 6.56. The summed E-state index contributed by atoms with van der Waals surface area (Å²) in [7, 11) is 0. The lowest BCUT2D eigenvalue weighted by Gasteiger charge is -2.19. The van der Waals surface area contributed by atoms with Crippen LogP contribution in [0.3, 0.4) is 0 Å². The average molecular weight is 242 g/mol. The van der Waals surface area contributed by atoms with Gasteiger partial charge >= 0.3 is 0 Å². The van der Waals surface area contributed by atoms with Crippen molar-refractivity contribution in [2.75, 3.05) is 6.54 Å². The molecule has 0 spiro atoms. The SMILES string of the molecule is CCn1cc2c3c(cccc31)CN(C(C)=O)CC2. The second-order valence-electron chi connectivity index (χ2n) is 4.94. The minimum absolute atomic E-state index is 0.167. The van der Waals surface area contributed by atoms with Crippen molar-refractivity contribution in [3.63, 3.8) is 0 Å². The Labute approximate surface area is 107 Å². The summed E-state index contributed by atoms with van der Waals surface area (Å²) in [5.74, 6) is 0.167. The summed E-state index contributed by atoms with van der Waals surface area (Å²) in [6.45, 7) is 6.39. The van der Waals surface area contributed by atoms with Crippen molar-refractivity contribution in [3.05, 3.63) is 35.5 Å². The summed E-state index contributed by atoms with van der Waals surface area (Å²) >= 11 is 0. The van der Waals surface area contributed by atoms with Crippen LogP contribution in [-0.2, 0) is 24.3 Å². The van der Waals surface area contributed by atoms with Crippen molar-refractivity contribution in [1.82, 2.24) is 9.47 Å². The molecular weight excluding hydrogens is 224 g/mol. The molecule has 0 bridgehead atoms. The molecular formula is C15H18N2O. The smallest absolute Gasteiger partial charge is 0.219 e. The van der Waals surface area contributed by atoms with Crippen LogP contribution in [0.1, 0.15) is 25.0 Å². The number of carbonyl (C=O) groups is 1. The zero-order valence-corrected chi connectivity index (χ0v) is 10.9. The number of aryl methyl sites for hydroxylation is 1. The standard InChI is InChI=1S/C15H18N2O/c1-3-16-9-13-7-8-17(11(2)18)10-12-5-4-6-14(16)15(12)13/h4-6,9H,3,7-8,10H2,1-2H3. The number of amides is 1. The first-order valence-corrected chi connectivity index (χ1v) is 6.56. The normalized spacial score (nSPS) is 14.9. The fourth-order valence-electron chi connectivity index (χ4n) is 2.91. The highest BCUT2D eigenvalue weighted by Gasteiger charge is 2.19. The molecule has 0 aliphatic carbocycles. The summed E-state index contributed by atoms with van der Waals surface area (Å²) in [5, 5.41) is 1.36. The molecule has 18 heavy (non-hydrogen) atoms. The second-order valence-corrected chi connectivity index (χ2v) is 4.94. The Balaban J connectivity index is 2.18. The van der Waals surface area contributed by atoms with E-state index in [1.807, 2.05) is 4.90 Å². The van der Waals surface area contributed by atoms with E-state index in [1.54, 1.807) is 6.92 Å². The lowest BCUT2D eigenvalue weighted by atomic mass is 10.1. The van der Waals surface area contributed by atoms with Gasteiger partial charge in [0.25, 0.3) is 0 Å². The van der Waals surface area contributed by atoms with Gasteiger partial charge in [0, 0.05) is 43.7 Å². The zero-order valence-electron chi connectivity index (χ0n) is 10.9. The Bertz CT molecular complexity index is 612. The molecule has 0 unspecified atom stereocenters. The topological polar surface area (TPSA) is 25.2 Å². The van der Waals surface area contributed by atoms with Gasteiger partial charge < -0.3 is 9.47 Å². The minimum Gasteiger partial charge on any atom is -0.347 e. The van der Waals surface area contributed by atoms with Crippen molar-refractivity contribution in [2.45, 2.75) is 33.4 Å². The van der Waals surface area contributed by atoms with E-state index in [0.717, 1.165) is 26.1 Å². The fourth-order valence-corrected chi connectivity index (χ4v) is 2.91. The predicted molar refractivity (Wildman–Crippen MR) is 72.4 cm³/mol. The predicted octanol–water partition coefficient (Wildman–Crippen LogP) is 2.57. The Morgan fingerprint density at radius 3 is 2.89 bits per heavy atom. The Hall–Kier alpha value is -1.77. The van der Waals surface area contributed by atoms with Gasteiger partial charge in [0.1, 0.15) is 0 Å². The van der Waals surface area contributed by atoms with Crippen molar-refractivity contribution >= 4 is 16.8 Å². The number of aromatic nitrogens is 1. The van der Waals surface area contributed by atoms with Crippen LogP contribution < -0.4 is 0 Å². The first kappa shape index (κ1) is 11.3. The van der Waals surface area contributed by atoms with E-state index in [2.05, 4.69) is 35.9 Å². The van der Waals surface area contributed by atoms with Crippen LogP contribution in [0.15, 0.2) is 24.4 Å². The van der Waals surface area contributed by atoms with Crippen molar-refractivity contribution in [1.29, 1.82) is 0 Å². The Morgan fingerprint density at radius 1 is 1.33 bits per heavy atom. The number of carbonyl (C=O) groups excluding carboxylic acids is 1. The monoisotopic (exact) mass is 242 g/mol. The highest BCUT2D eigenvalue weighted by Crippen LogP contribution is 2.29. The lowest BCUT2D eigenvalue weighted by molar-refractivity contribution is -0.129. The van der Waals surface area contributed by atoms with Crippen molar-refractivity contribution < 1.29 is 4.79 Å². The largest absolute Gasteiger partial charge is 0.347 e. The quantitative estimate of drug-likeness (QED) is 0.754. The lowest BCUT2D eigenvalue weighted by Crippen LogP contribution is -2.29. The van der Waals surface area contributed by atoms with Gasteiger partial charge in [0.15, 0.2) is 0 Å². The maximum Gasteiger partial charge on any atom is 0.219 e. The minimum atomic E-state index is 0.167. The summed E-state index contributed by atoms with van der Waals surface area (Å²) in [6, 6.07) is 6.42. The molecule has 0 fully saturated rings. The number of nitrogens with zero attached hydrogens (tertiary/aromatic N) is 2. The Morgan fingerprint density at radius 2 is 2.17 bits per heavy atom. The Kier molecular flexibility index (Phi) is 2.62. The summed E-state index contributed by atoms with van der Waals surface area (Å²) in [4.78, 5) is 13.5. The molecule has 2 heterocycles. The molecule has 1 aliphatic rings. The van der Waals surface area contributed by atoms with E-state index < -0.39 is 0 Å². The molecule has 3 rings (SSSR count). The zero-order chi connectivity index (χ0) is 12.7. The molecule has 3 heteroatoms. The van der Waals surface area contributed by atoms with Gasteiger partial charge in [0.05, 0.1) is 0 Å². The summed E-state index contributed by atoms with van der Waals surface area (Å²) in [5.41, 5.74) is 3.96. The van der Waals surface area contributed by atoms with E-state index in [9.17, 15) is 4.79 Å². The van der Waals surface area contributed by atoms with Gasteiger partial charge in [-0.05, 0) is 30.5 Å². The van der Waals surface area contributed by atoms with Gasteiger partial charge in [-0.3, -0.25) is 4.79 Å². The highest BCUT2D eigenvalue weighted by molar-refractivity contribution is 5.88. The van der Waals surface area contributed by atoms with Gasteiger partial charge in [-0.25, -0.2) is 0 Å². The van der Waals surface area contributed by atoms with Gasteiger partial charge in [-0.1, -0.05) is 12.1 Å². The molecule has 1 aliphatic heterocycles. The van der Waals surface area contributed by atoms with Crippen LogP contribution in [0.5, 0.6) is 0 Å². The third kappa shape index (κ3) is 1.62. The van der Waals surface area contributed by atoms with E-state index in [0.29, 0.717) is 0 Å². The molecule has 0 radical (unpaired) electrons. The third-order valence-corrected chi connectivity index (χ3v) is 3.87. The van der Waals surface area contributed by atoms with Crippen LogP contribution in [0.25, 0.3) is 10.9 Å². The van der Waals surface area contributed by atoms with E-state index in [4.69, 9.17) is 0 Å². The molecule has 94 valence electrons. The average Bonchev–Trinajstić information content (AvgIpc) is 2.61. The van der Waals surface area contributed by atoms with Gasteiger partial charge in [-0.15, -0.1) is 0 Å². The van der Waals surface area contributed by atoms with Gasteiger partial charge in [0.2, 0.25) is 5.91 Å². The molecule has 1 aromatic heterocycles. The number of hydrogen-bond donors (Lipinski definition) is 0. The fraction of sp³-hybridized carbons (Fsp3) is 0.400. The molecule has 0 N–H and O–H groups in total. The molecule has 0 saturated carbocycles. The van der Waals surface area contributed by atoms with Gasteiger partial charge in [-0.2, -0.15) is 0 Å². The third-order valence-electron chi connectivity index (χ3n) is 3.87. The maximum absolute atomic E-state index is 11.6. The summed E-state index contributed by atoms with van der Waals surface area (Å²) < 4.78 is 2.30. The van der Waals surface area contributed by atoms with Crippen LogP contribution in [-0.4, -0.2) is 21.9 Å². The van der Waals surface area contributed by atoms with Crippen molar-refractivity contribution in [3.8, 4) is 0 Å². The van der Waals surface area contributed by atoms with Crippen LogP contribution in [0, 0.1) is 0 Å². The number of benzene rings is 1. The molecule has 3 nitrogen and oxygen atoms in total. The first-order chi connectivity index (χ1) is 8.70. The van der Waals surface area contributed by atoms with E-state index in [-0.39, 0.29) is 5.91 Å².